The normalized spacial score (nSPS) is 15.0. The largest absolute Gasteiger partial charge is 0.389 e. The fraction of sp³-hybridized carbons (Fsp3) is 0.300. The molecule has 0 fully saturated rings. The van der Waals surface area contributed by atoms with Crippen molar-refractivity contribution in [3.05, 3.63) is 83.9 Å². The van der Waals surface area contributed by atoms with Crippen LogP contribution in [-0.4, -0.2) is 16.3 Å². The highest BCUT2D eigenvalue weighted by atomic mass is 16.3. The molecule has 2 N–H and O–H groups in total. The zero-order valence-electron chi connectivity index (χ0n) is 13.1. The van der Waals surface area contributed by atoms with Crippen molar-refractivity contribution in [1.82, 2.24) is 0 Å². The minimum absolute atomic E-state index is 0.354. The quantitative estimate of drug-likeness (QED) is 0.762. The Morgan fingerprint density at radius 3 is 2.18 bits per heavy atom. The van der Waals surface area contributed by atoms with Crippen LogP contribution >= 0.6 is 0 Å². The van der Waals surface area contributed by atoms with Crippen LogP contribution in [0.3, 0.4) is 0 Å². The Labute approximate surface area is 132 Å². The maximum atomic E-state index is 10.6. The van der Waals surface area contributed by atoms with E-state index in [9.17, 15) is 10.2 Å². The lowest BCUT2D eigenvalue weighted by Crippen LogP contribution is -2.25. The van der Waals surface area contributed by atoms with Gasteiger partial charge in [0, 0.05) is 6.42 Å². The van der Waals surface area contributed by atoms with Crippen LogP contribution in [0.1, 0.15) is 30.9 Å². The Morgan fingerprint density at radius 1 is 1.05 bits per heavy atom. The second kappa shape index (κ2) is 7.39. The third-order valence-electron chi connectivity index (χ3n) is 3.99. The van der Waals surface area contributed by atoms with Gasteiger partial charge in [0.05, 0.1) is 11.7 Å². The highest BCUT2D eigenvalue weighted by Gasteiger charge is 2.25. The summed E-state index contributed by atoms with van der Waals surface area (Å²) in [5.41, 5.74) is 1.70. The van der Waals surface area contributed by atoms with E-state index in [1.807, 2.05) is 48.5 Å². The first-order chi connectivity index (χ1) is 10.5. The van der Waals surface area contributed by atoms with Crippen LogP contribution in [0.25, 0.3) is 0 Å². The van der Waals surface area contributed by atoms with Gasteiger partial charge in [0.25, 0.3) is 0 Å². The van der Waals surface area contributed by atoms with Crippen LogP contribution in [0.4, 0.5) is 0 Å². The summed E-state index contributed by atoms with van der Waals surface area (Å²) < 4.78 is 0. The van der Waals surface area contributed by atoms with Crippen LogP contribution < -0.4 is 0 Å². The van der Waals surface area contributed by atoms with E-state index in [-0.39, 0.29) is 0 Å². The average molecular weight is 296 g/mol. The van der Waals surface area contributed by atoms with Crippen molar-refractivity contribution >= 4 is 0 Å². The first-order valence-electron chi connectivity index (χ1n) is 7.66. The van der Waals surface area contributed by atoms with Gasteiger partial charge in [-0.1, -0.05) is 67.2 Å². The van der Waals surface area contributed by atoms with E-state index in [1.165, 1.54) is 5.56 Å². The zero-order valence-corrected chi connectivity index (χ0v) is 13.1. The van der Waals surface area contributed by atoms with E-state index in [2.05, 4.69) is 18.7 Å². The van der Waals surface area contributed by atoms with Gasteiger partial charge in [-0.25, -0.2) is 0 Å². The van der Waals surface area contributed by atoms with Gasteiger partial charge in [-0.05, 0) is 36.5 Å². The van der Waals surface area contributed by atoms with E-state index in [0.29, 0.717) is 18.4 Å². The van der Waals surface area contributed by atoms with E-state index >= 15 is 0 Å². The van der Waals surface area contributed by atoms with Gasteiger partial charge in [-0.2, -0.15) is 0 Å². The summed E-state index contributed by atoms with van der Waals surface area (Å²) >= 11 is 0. The Hall–Kier alpha value is -1.90. The molecule has 0 aromatic heterocycles. The molecular weight excluding hydrogens is 272 g/mol. The molecule has 0 spiro atoms. The van der Waals surface area contributed by atoms with E-state index in [4.69, 9.17) is 0 Å². The number of aryl methyl sites for hydroxylation is 1. The predicted molar refractivity (Wildman–Crippen MR) is 90.5 cm³/mol. The summed E-state index contributed by atoms with van der Waals surface area (Å²) in [6.07, 6.45) is 1.17. The van der Waals surface area contributed by atoms with E-state index in [0.717, 1.165) is 12.0 Å². The Bertz CT molecular complexity index is 588. The van der Waals surface area contributed by atoms with Gasteiger partial charge < -0.3 is 10.2 Å². The molecular formula is C20H24O2. The molecule has 0 bridgehead atoms. The molecule has 2 unspecified atom stereocenters. The number of hydrogen-bond acceptors (Lipinski definition) is 2. The van der Waals surface area contributed by atoms with Gasteiger partial charge in [-0.15, -0.1) is 0 Å². The Morgan fingerprint density at radius 2 is 1.59 bits per heavy atom. The third kappa shape index (κ3) is 4.55. The molecule has 2 rings (SSSR count). The first kappa shape index (κ1) is 16.5. The van der Waals surface area contributed by atoms with Gasteiger partial charge in [0.2, 0.25) is 0 Å². The molecule has 2 atom stereocenters. The summed E-state index contributed by atoms with van der Waals surface area (Å²) in [5, 5.41) is 20.9. The van der Waals surface area contributed by atoms with Crippen molar-refractivity contribution in [3.63, 3.8) is 0 Å². The lowest BCUT2D eigenvalue weighted by atomic mass is 9.87. The van der Waals surface area contributed by atoms with Crippen molar-refractivity contribution in [1.29, 1.82) is 0 Å². The maximum absolute atomic E-state index is 10.6. The number of rotatable bonds is 7. The monoisotopic (exact) mass is 296 g/mol. The Balaban J connectivity index is 1.91. The first-order valence-corrected chi connectivity index (χ1v) is 7.66. The average Bonchev–Trinajstić information content (AvgIpc) is 2.54. The van der Waals surface area contributed by atoms with Gasteiger partial charge >= 0.3 is 0 Å². The molecule has 116 valence electrons. The van der Waals surface area contributed by atoms with E-state index < -0.39 is 11.7 Å². The van der Waals surface area contributed by atoms with Gasteiger partial charge in [0.1, 0.15) is 0 Å². The molecule has 0 aliphatic heterocycles. The fourth-order valence-electron chi connectivity index (χ4n) is 2.61. The minimum atomic E-state index is -1.01. The van der Waals surface area contributed by atoms with Crippen LogP contribution in [-0.2, 0) is 12.0 Å². The molecule has 0 saturated heterocycles. The van der Waals surface area contributed by atoms with Crippen molar-refractivity contribution in [3.8, 4) is 0 Å². The van der Waals surface area contributed by atoms with Crippen LogP contribution in [0.5, 0.6) is 0 Å². The van der Waals surface area contributed by atoms with Gasteiger partial charge in [-0.3, -0.25) is 0 Å². The summed E-state index contributed by atoms with van der Waals surface area (Å²) in [6.45, 7) is 5.73. The third-order valence-corrected chi connectivity index (χ3v) is 3.99. The summed E-state index contributed by atoms with van der Waals surface area (Å²) in [6, 6.07) is 19.6. The number of aliphatic hydroxyl groups excluding tert-OH is 1. The fourth-order valence-corrected chi connectivity index (χ4v) is 2.61. The number of benzene rings is 2. The standard InChI is InChI=1S/C20H24O2/c1-16(15-20(2,22)18-11-7-4-8-12-18)19(21)14-13-17-9-5-3-6-10-17/h3-12,19,21-22H,1,13-15H2,2H3. The smallest absolute Gasteiger partial charge is 0.0906 e. The molecule has 0 heterocycles. The Kier molecular flexibility index (Phi) is 5.53. The van der Waals surface area contributed by atoms with Crippen LogP contribution in [0, 0.1) is 0 Å². The van der Waals surface area contributed by atoms with Crippen LogP contribution in [0.15, 0.2) is 72.8 Å². The number of hydrogen-bond donors (Lipinski definition) is 2. The molecule has 2 aromatic carbocycles. The van der Waals surface area contributed by atoms with Crippen LogP contribution in [0.2, 0.25) is 0 Å². The summed E-state index contributed by atoms with van der Waals surface area (Å²) in [4.78, 5) is 0. The lowest BCUT2D eigenvalue weighted by molar-refractivity contribution is 0.0494. The summed E-state index contributed by atoms with van der Waals surface area (Å²) in [5.74, 6) is 0. The second-order valence-corrected chi connectivity index (χ2v) is 6.01. The highest BCUT2D eigenvalue weighted by Crippen LogP contribution is 2.29. The van der Waals surface area contributed by atoms with Crippen molar-refractivity contribution in [2.75, 3.05) is 0 Å². The molecule has 0 radical (unpaired) electrons. The second-order valence-electron chi connectivity index (χ2n) is 6.01. The molecule has 0 aliphatic carbocycles. The number of aliphatic hydroxyl groups is 2. The summed E-state index contributed by atoms with van der Waals surface area (Å²) in [7, 11) is 0. The van der Waals surface area contributed by atoms with Crippen molar-refractivity contribution in [2.45, 2.75) is 37.9 Å². The molecule has 0 saturated carbocycles. The van der Waals surface area contributed by atoms with Crippen molar-refractivity contribution < 1.29 is 10.2 Å². The SMILES string of the molecule is C=C(CC(C)(O)c1ccccc1)C(O)CCc1ccccc1. The minimum Gasteiger partial charge on any atom is -0.389 e. The van der Waals surface area contributed by atoms with E-state index in [1.54, 1.807) is 6.92 Å². The molecule has 2 heteroatoms. The molecule has 2 nitrogen and oxygen atoms in total. The molecule has 22 heavy (non-hydrogen) atoms. The molecule has 2 aromatic rings. The zero-order chi connectivity index (χ0) is 16.0. The lowest BCUT2D eigenvalue weighted by Gasteiger charge is -2.27. The van der Waals surface area contributed by atoms with Gasteiger partial charge in [0.15, 0.2) is 0 Å². The van der Waals surface area contributed by atoms with Crippen molar-refractivity contribution in [2.24, 2.45) is 0 Å². The maximum Gasteiger partial charge on any atom is 0.0906 e. The topological polar surface area (TPSA) is 40.5 Å². The molecule has 0 aliphatic rings. The highest BCUT2D eigenvalue weighted by molar-refractivity contribution is 5.24. The molecule has 0 amide bonds. The predicted octanol–water partition coefficient (Wildman–Crippen LogP) is 3.83.